The molecule has 0 spiro atoms. The Morgan fingerprint density at radius 2 is 1.68 bits per heavy atom. The van der Waals surface area contributed by atoms with Crippen LogP contribution in [-0.2, 0) is 21.5 Å². The minimum Gasteiger partial charge on any atom is -0.459 e. The molecule has 0 unspecified atom stereocenters. The highest BCUT2D eigenvalue weighted by Crippen LogP contribution is 2.36. The van der Waals surface area contributed by atoms with Crippen molar-refractivity contribution in [2.45, 2.75) is 24.8 Å². The summed E-state index contributed by atoms with van der Waals surface area (Å²) in [7, 11) is 0. The lowest BCUT2D eigenvalue weighted by molar-refractivity contribution is -0.130. The molecule has 1 aliphatic rings. The van der Waals surface area contributed by atoms with Crippen molar-refractivity contribution in [1.29, 1.82) is 0 Å². The predicted molar refractivity (Wildman–Crippen MR) is 121 cm³/mol. The van der Waals surface area contributed by atoms with Gasteiger partial charge in [-0.25, -0.2) is 0 Å². The van der Waals surface area contributed by atoms with Crippen LogP contribution in [0.2, 0.25) is 0 Å². The average molecular weight is 483 g/mol. The molecule has 4 rings (SSSR count). The Labute approximate surface area is 189 Å². The number of furan rings is 1. The van der Waals surface area contributed by atoms with Crippen LogP contribution in [0.15, 0.2) is 75.8 Å². The van der Waals surface area contributed by atoms with Gasteiger partial charge in [-0.1, -0.05) is 40.2 Å². The van der Waals surface area contributed by atoms with Gasteiger partial charge in [-0.3, -0.25) is 9.59 Å². The normalized spacial score (nSPS) is 15.3. The van der Waals surface area contributed by atoms with E-state index in [1.165, 1.54) is 6.26 Å². The molecule has 2 N–H and O–H groups in total. The molecule has 2 amide bonds. The summed E-state index contributed by atoms with van der Waals surface area (Å²) in [6, 6.07) is 18.6. The van der Waals surface area contributed by atoms with Crippen molar-refractivity contribution in [2.24, 2.45) is 0 Å². The second-order valence-corrected chi connectivity index (χ2v) is 8.43. The lowest BCUT2D eigenvalue weighted by Gasteiger charge is -2.36. The molecule has 3 aromatic rings. The Morgan fingerprint density at radius 1 is 0.968 bits per heavy atom. The standard InChI is InChI=1S/C24H23BrN2O4/c25-19-7-5-18(6-8-19)24(11-14-30-15-12-24)23(29)26-16-17-3-9-20(10-4-17)27-22(28)21-2-1-13-31-21/h1-10,13H,11-12,14-16H2,(H,26,29)(H,27,28). The van der Waals surface area contributed by atoms with Crippen molar-refractivity contribution in [1.82, 2.24) is 5.32 Å². The number of amides is 2. The Kier molecular flexibility index (Phi) is 6.53. The molecule has 1 aliphatic heterocycles. The van der Waals surface area contributed by atoms with Crippen LogP contribution in [0.5, 0.6) is 0 Å². The van der Waals surface area contributed by atoms with Gasteiger partial charge in [-0.05, 0) is 60.4 Å². The number of hydrogen-bond donors (Lipinski definition) is 2. The number of benzene rings is 2. The van der Waals surface area contributed by atoms with Gasteiger partial charge in [0.2, 0.25) is 5.91 Å². The highest BCUT2D eigenvalue weighted by molar-refractivity contribution is 9.10. The van der Waals surface area contributed by atoms with Gasteiger partial charge in [-0.15, -0.1) is 0 Å². The molecule has 1 fully saturated rings. The molecule has 0 bridgehead atoms. The van der Waals surface area contributed by atoms with Crippen LogP contribution in [-0.4, -0.2) is 25.0 Å². The number of carbonyl (C=O) groups is 2. The smallest absolute Gasteiger partial charge is 0.291 e. The van der Waals surface area contributed by atoms with E-state index < -0.39 is 5.41 Å². The van der Waals surface area contributed by atoms with Crippen LogP contribution < -0.4 is 10.6 Å². The summed E-state index contributed by atoms with van der Waals surface area (Å²) in [5.74, 6) is -0.0404. The molecule has 0 aliphatic carbocycles. The first-order valence-electron chi connectivity index (χ1n) is 10.1. The summed E-state index contributed by atoms with van der Waals surface area (Å²) in [6.07, 6.45) is 2.76. The van der Waals surface area contributed by atoms with E-state index in [1.54, 1.807) is 24.3 Å². The molecule has 0 atom stereocenters. The highest BCUT2D eigenvalue weighted by atomic mass is 79.9. The molecular weight excluding hydrogens is 460 g/mol. The Hall–Kier alpha value is -2.90. The van der Waals surface area contributed by atoms with E-state index in [9.17, 15) is 9.59 Å². The van der Waals surface area contributed by atoms with Crippen molar-refractivity contribution in [3.8, 4) is 0 Å². The largest absolute Gasteiger partial charge is 0.459 e. The van der Waals surface area contributed by atoms with Crippen molar-refractivity contribution >= 4 is 33.4 Å². The summed E-state index contributed by atoms with van der Waals surface area (Å²) >= 11 is 3.46. The predicted octanol–water partition coefficient (Wildman–Crippen LogP) is 4.66. The molecule has 2 aromatic carbocycles. The fraction of sp³-hybridized carbons (Fsp3) is 0.250. The number of rotatable bonds is 6. The zero-order chi connectivity index (χ0) is 21.7. The van der Waals surface area contributed by atoms with Gasteiger partial charge in [0, 0.05) is 29.9 Å². The Bertz CT molecular complexity index is 1020. The van der Waals surface area contributed by atoms with Crippen LogP contribution in [0.3, 0.4) is 0 Å². The summed E-state index contributed by atoms with van der Waals surface area (Å²) < 4.78 is 11.6. The molecule has 2 heterocycles. The summed E-state index contributed by atoms with van der Waals surface area (Å²) in [5.41, 5.74) is 2.03. The number of ether oxygens (including phenoxy) is 1. The monoisotopic (exact) mass is 482 g/mol. The number of carbonyl (C=O) groups excluding carboxylic acids is 2. The van der Waals surface area contributed by atoms with E-state index in [2.05, 4.69) is 26.6 Å². The van der Waals surface area contributed by atoms with Crippen LogP contribution in [0.1, 0.15) is 34.5 Å². The SMILES string of the molecule is O=C(Nc1ccc(CNC(=O)C2(c3ccc(Br)cc3)CCOCC2)cc1)c1ccco1. The topological polar surface area (TPSA) is 80.6 Å². The quantitative estimate of drug-likeness (QED) is 0.535. The second kappa shape index (κ2) is 9.49. The van der Waals surface area contributed by atoms with Crippen molar-refractivity contribution < 1.29 is 18.7 Å². The van der Waals surface area contributed by atoms with Crippen LogP contribution in [0, 0.1) is 0 Å². The third-order valence-corrected chi connectivity index (χ3v) is 6.12. The first-order valence-corrected chi connectivity index (χ1v) is 10.9. The minimum absolute atomic E-state index is 0.00770. The van der Waals surface area contributed by atoms with E-state index in [1.807, 2.05) is 36.4 Å². The van der Waals surface area contributed by atoms with Gasteiger partial charge in [0.15, 0.2) is 5.76 Å². The van der Waals surface area contributed by atoms with E-state index in [0.29, 0.717) is 38.3 Å². The second-order valence-electron chi connectivity index (χ2n) is 7.51. The van der Waals surface area contributed by atoms with E-state index >= 15 is 0 Å². The fourth-order valence-electron chi connectivity index (χ4n) is 3.79. The van der Waals surface area contributed by atoms with E-state index in [4.69, 9.17) is 9.15 Å². The molecule has 31 heavy (non-hydrogen) atoms. The molecule has 1 aromatic heterocycles. The maximum atomic E-state index is 13.3. The summed E-state index contributed by atoms with van der Waals surface area (Å²) in [4.78, 5) is 25.3. The number of nitrogens with one attached hydrogen (secondary N) is 2. The van der Waals surface area contributed by atoms with Gasteiger partial charge in [0.1, 0.15) is 0 Å². The van der Waals surface area contributed by atoms with Crippen molar-refractivity contribution in [3.05, 3.63) is 88.3 Å². The highest BCUT2D eigenvalue weighted by Gasteiger charge is 2.41. The Balaban J connectivity index is 1.40. The molecule has 0 saturated carbocycles. The lowest BCUT2D eigenvalue weighted by atomic mass is 9.73. The third kappa shape index (κ3) is 4.89. The molecular formula is C24H23BrN2O4. The maximum Gasteiger partial charge on any atom is 0.291 e. The Morgan fingerprint density at radius 3 is 2.32 bits per heavy atom. The van der Waals surface area contributed by atoms with Crippen LogP contribution in [0.4, 0.5) is 5.69 Å². The van der Waals surface area contributed by atoms with E-state index in [-0.39, 0.29) is 17.6 Å². The number of halogens is 1. The van der Waals surface area contributed by atoms with Gasteiger partial charge >= 0.3 is 0 Å². The lowest BCUT2D eigenvalue weighted by Crippen LogP contribution is -2.47. The first-order chi connectivity index (χ1) is 15.1. The van der Waals surface area contributed by atoms with Crippen molar-refractivity contribution in [3.63, 3.8) is 0 Å². The third-order valence-electron chi connectivity index (χ3n) is 5.59. The number of anilines is 1. The fourth-order valence-corrected chi connectivity index (χ4v) is 4.06. The van der Waals surface area contributed by atoms with Gasteiger partial charge < -0.3 is 19.8 Å². The molecule has 7 heteroatoms. The van der Waals surface area contributed by atoms with E-state index in [0.717, 1.165) is 15.6 Å². The van der Waals surface area contributed by atoms with Crippen LogP contribution >= 0.6 is 15.9 Å². The first kappa shape index (κ1) is 21.3. The summed E-state index contributed by atoms with van der Waals surface area (Å²) in [5, 5.41) is 5.88. The molecule has 0 radical (unpaired) electrons. The molecule has 160 valence electrons. The van der Waals surface area contributed by atoms with Gasteiger partial charge in [0.25, 0.3) is 5.91 Å². The van der Waals surface area contributed by atoms with Gasteiger partial charge in [-0.2, -0.15) is 0 Å². The molecule has 6 nitrogen and oxygen atoms in total. The average Bonchev–Trinajstić information content (AvgIpc) is 3.34. The van der Waals surface area contributed by atoms with Crippen LogP contribution in [0.25, 0.3) is 0 Å². The number of hydrogen-bond acceptors (Lipinski definition) is 4. The van der Waals surface area contributed by atoms with Gasteiger partial charge in [0.05, 0.1) is 11.7 Å². The molecule has 1 saturated heterocycles. The zero-order valence-corrected chi connectivity index (χ0v) is 18.5. The van der Waals surface area contributed by atoms with Crippen molar-refractivity contribution in [2.75, 3.05) is 18.5 Å². The maximum absolute atomic E-state index is 13.3. The summed E-state index contributed by atoms with van der Waals surface area (Å²) in [6.45, 7) is 1.53. The zero-order valence-electron chi connectivity index (χ0n) is 16.9. The minimum atomic E-state index is -0.587.